The smallest absolute Gasteiger partial charge is 0.417 e. The number of pyridine rings is 1. The lowest BCUT2D eigenvalue weighted by Crippen LogP contribution is -2.46. The van der Waals surface area contributed by atoms with Gasteiger partial charge in [-0.05, 0) is 50.4 Å². The average Bonchev–Trinajstić information content (AvgIpc) is 3.82. The van der Waals surface area contributed by atoms with E-state index in [0.717, 1.165) is 23.8 Å². The highest BCUT2D eigenvalue weighted by Crippen LogP contribution is 2.41. The van der Waals surface area contributed by atoms with E-state index < -0.39 is 41.4 Å². The summed E-state index contributed by atoms with van der Waals surface area (Å²) < 4.78 is 40.8. The first-order valence-corrected chi connectivity index (χ1v) is 16.7. The van der Waals surface area contributed by atoms with Gasteiger partial charge < -0.3 is 24.8 Å². The van der Waals surface area contributed by atoms with Gasteiger partial charge in [-0.1, -0.05) is 25.1 Å². The molecule has 0 radical (unpaired) electrons. The molecule has 3 atom stereocenters. The highest BCUT2D eigenvalue weighted by molar-refractivity contribution is 7.10. The lowest BCUT2D eigenvalue weighted by Gasteiger charge is -2.37. The number of hydrazone groups is 1. The second-order valence-corrected chi connectivity index (χ2v) is 12.7. The number of halogens is 2. The van der Waals surface area contributed by atoms with Gasteiger partial charge in [0, 0.05) is 41.2 Å². The number of thiazole rings is 1. The number of ether oxygens (including phenoxy) is 2. The number of nitrogens with one attached hydrogen (secondary N) is 1. The maximum atomic E-state index is 15.3. The first-order chi connectivity index (χ1) is 24.4. The Labute approximate surface area is 297 Å². The number of hydrogen-bond acceptors (Lipinski definition) is 13. The number of carbonyl (C=O) groups is 2. The van der Waals surface area contributed by atoms with E-state index in [1.165, 1.54) is 40.8 Å². The van der Waals surface area contributed by atoms with Gasteiger partial charge in [0.15, 0.2) is 6.23 Å². The Hall–Kier alpha value is -5.50. The van der Waals surface area contributed by atoms with E-state index in [1.807, 2.05) is 0 Å². The van der Waals surface area contributed by atoms with Crippen LogP contribution in [0.1, 0.15) is 41.5 Å². The second-order valence-electron chi connectivity index (χ2n) is 11.8. The summed E-state index contributed by atoms with van der Waals surface area (Å²) in [6, 6.07) is 15.2. The number of esters is 1. The predicted molar refractivity (Wildman–Crippen MR) is 185 cm³/mol. The number of benzene rings is 2. The van der Waals surface area contributed by atoms with Crippen molar-refractivity contribution in [3.05, 3.63) is 99.5 Å². The molecule has 2 aromatic heterocycles. The van der Waals surface area contributed by atoms with Crippen LogP contribution in [0.4, 0.5) is 19.4 Å². The van der Waals surface area contributed by atoms with E-state index in [0.29, 0.717) is 21.8 Å². The molecule has 0 spiro atoms. The number of nitriles is 1. The number of amides is 1. The van der Waals surface area contributed by atoms with Gasteiger partial charge in [-0.3, -0.25) is 14.7 Å². The largest absolute Gasteiger partial charge is 0.460 e. The number of β-amino-alcohol motifs (C(OH)–C–C–N with tert-alkyl or cyclic N) is 1. The van der Waals surface area contributed by atoms with E-state index in [-0.39, 0.29) is 37.7 Å². The Balaban J connectivity index is 1.29. The van der Waals surface area contributed by atoms with Crippen LogP contribution in [-0.2, 0) is 26.5 Å². The van der Waals surface area contributed by atoms with E-state index in [9.17, 15) is 19.1 Å². The molecule has 4 aromatic rings. The summed E-state index contributed by atoms with van der Waals surface area (Å²) in [6.07, 6.45) is 1.32. The zero-order chi connectivity index (χ0) is 36.7. The summed E-state index contributed by atoms with van der Waals surface area (Å²) in [6.45, 7) is 3.00. The number of anilines is 1. The SMILES string of the molecule is CNCC(=O)OCc1cccnc1N(C)C(=O)O[C@@H](C)N1C=NN(C[C@](O)(c2cc(F)ccc2F)[C@@H](C)c2nc(-c3ccc(C#N)cc3)cs2)C1. The molecule has 51 heavy (non-hydrogen) atoms. The first-order valence-electron chi connectivity index (χ1n) is 15.8. The fourth-order valence-corrected chi connectivity index (χ4v) is 6.35. The zero-order valence-electron chi connectivity index (χ0n) is 28.3. The Morgan fingerprint density at radius 2 is 1.96 bits per heavy atom. The molecule has 16 heteroatoms. The highest BCUT2D eigenvalue weighted by Gasteiger charge is 2.43. The molecule has 5 rings (SSSR count). The molecule has 1 amide bonds. The summed E-state index contributed by atoms with van der Waals surface area (Å²) in [4.78, 5) is 36.8. The first kappa shape index (κ1) is 36.8. The van der Waals surface area contributed by atoms with Crippen LogP contribution < -0.4 is 10.2 Å². The van der Waals surface area contributed by atoms with Gasteiger partial charge in [-0.2, -0.15) is 10.4 Å². The number of carbonyl (C=O) groups excluding carboxylic acids is 2. The van der Waals surface area contributed by atoms with Gasteiger partial charge >= 0.3 is 12.1 Å². The van der Waals surface area contributed by atoms with Crippen molar-refractivity contribution < 1.29 is 33.0 Å². The van der Waals surface area contributed by atoms with Crippen molar-refractivity contribution in [2.24, 2.45) is 5.10 Å². The Kier molecular flexibility index (Phi) is 11.6. The molecule has 0 saturated heterocycles. The molecule has 0 saturated carbocycles. The number of nitrogens with zero attached hydrogens (tertiary/aromatic N) is 7. The average molecular weight is 719 g/mol. The summed E-state index contributed by atoms with van der Waals surface area (Å²) >= 11 is 1.26. The van der Waals surface area contributed by atoms with Crippen LogP contribution in [-0.4, -0.2) is 83.5 Å². The summed E-state index contributed by atoms with van der Waals surface area (Å²) in [5.74, 6) is -2.58. The lowest BCUT2D eigenvalue weighted by atomic mass is 9.81. The second kappa shape index (κ2) is 16.0. The maximum Gasteiger partial charge on any atom is 0.417 e. The molecular formula is C35H36F2N8O5S. The van der Waals surface area contributed by atoms with Gasteiger partial charge in [-0.25, -0.2) is 23.5 Å². The molecule has 0 unspecified atom stereocenters. The van der Waals surface area contributed by atoms with Crippen molar-refractivity contribution in [2.45, 2.75) is 38.2 Å². The fourth-order valence-electron chi connectivity index (χ4n) is 5.38. The molecule has 0 bridgehead atoms. The molecule has 2 N–H and O–H groups in total. The number of aromatic nitrogens is 2. The van der Waals surface area contributed by atoms with Gasteiger partial charge in [0.1, 0.15) is 42.7 Å². The van der Waals surface area contributed by atoms with Crippen molar-refractivity contribution in [3.63, 3.8) is 0 Å². The van der Waals surface area contributed by atoms with E-state index in [4.69, 9.17) is 19.7 Å². The molecule has 13 nitrogen and oxygen atoms in total. The molecule has 0 fully saturated rings. The minimum absolute atomic E-state index is 0.0264. The molecule has 1 aliphatic rings. The molecule has 0 aliphatic carbocycles. The van der Waals surface area contributed by atoms with Crippen LogP contribution in [0.2, 0.25) is 0 Å². The number of hydrogen-bond donors (Lipinski definition) is 2. The Morgan fingerprint density at radius 1 is 1.20 bits per heavy atom. The van der Waals surface area contributed by atoms with Crippen LogP contribution in [0.5, 0.6) is 0 Å². The number of rotatable bonds is 13. The Morgan fingerprint density at radius 3 is 2.69 bits per heavy atom. The van der Waals surface area contributed by atoms with E-state index >= 15 is 4.39 Å². The molecule has 1 aliphatic heterocycles. The van der Waals surface area contributed by atoms with Crippen molar-refractivity contribution in [3.8, 4) is 17.3 Å². The van der Waals surface area contributed by atoms with Crippen LogP contribution in [0.3, 0.4) is 0 Å². The molecule has 3 heterocycles. The van der Waals surface area contributed by atoms with Crippen molar-refractivity contribution in [2.75, 3.05) is 38.8 Å². The van der Waals surface area contributed by atoms with Gasteiger partial charge in [-0.15, -0.1) is 11.3 Å². The topological polar surface area (TPSA) is 157 Å². The van der Waals surface area contributed by atoms with Gasteiger partial charge in [0.05, 0.1) is 35.4 Å². The van der Waals surface area contributed by atoms with Crippen LogP contribution in [0, 0.1) is 23.0 Å². The molecule has 2 aromatic carbocycles. The van der Waals surface area contributed by atoms with E-state index in [1.54, 1.807) is 67.6 Å². The van der Waals surface area contributed by atoms with Crippen molar-refractivity contribution in [1.29, 1.82) is 5.26 Å². The number of aliphatic hydroxyl groups is 1. The minimum Gasteiger partial charge on any atom is -0.460 e. The predicted octanol–water partition coefficient (Wildman–Crippen LogP) is 4.75. The normalized spacial score (nSPS) is 14.8. The third kappa shape index (κ3) is 8.46. The highest BCUT2D eigenvalue weighted by atomic mass is 32.1. The van der Waals surface area contributed by atoms with Gasteiger partial charge in [0.2, 0.25) is 0 Å². The zero-order valence-corrected chi connectivity index (χ0v) is 29.1. The van der Waals surface area contributed by atoms with Crippen LogP contribution >= 0.6 is 11.3 Å². The molecule has 266 valence electrons. The fraction of sp³-hybridized carbons (Fsp3) is 0.314. The minimum atomic E-state index is -2.01. The summed E-state index contributed by atoms with van der Waals surface area (Å²) in [5, 5.41) is 32.2. The summed E-state index contributed by atoms with van der Waals surface area (Å²) in [5.41, 5.74) is 0.0773. The lowest BCUT2D eigenvalue weighted by molar-refractivity contribution is -0.143. The van der Waals surface area contributed by atoms with E-state index in [2.05, 4.69) is 21.5 Å². The van der Waals surface area contributed by atoms with Crippen molar-refractivity contribution in [1.82, 2.24) is 25.2 Å². The molecular weight excluding hydrogens is 682 g/mol. The van der Waals surface area contributed by atoms with Crippen LogP contribution in [0.25, 0.3) is 11.3 Å². The third-order valence-electron chi connectivity index (χ3n) is 8.33. The van der Waals surface area contributed by atoms with Crippen LogP contribution in [0.15, 0.2) is 71.3 Å². The monoisotopic (exact) mass is 718 g/mol. The van der Waals surface area contributed by atoms with Gasteiger partial charge in [0.25, 0.3) is 0 Å². The summed E-state index contributed by atoms with van der Waals surface area (Å²) in [7, 11) is 3.09. The number of likely N-dealkylation sites (N-methyl/N-ethyl adjacent to an activating group) is 1. The van der Waals surface area contributed by atoms with Crippen molar-refractivity contribution >= 4 is 35.6 Å². The standard InChI is InChI=1S/C35H36F2N8O5S/c1-22(33-42-30(18-51-33)25-9-7-24(15-38)8-10-25)35(48,28-14-27(36)11-12-29(28)37)19-45-21-44(20-41-45)23(2)50-34(47)43(4)32-26(6-5-13-40-32)17-49-31(46)16-39-3/h5-14,18,20,22-23,39,48H,16-17,19,21H2,1-4H3/t22-,23-,35+/m0/s1. The third-order valence-corrected chi connectivity index (χ3v) is 9.36. The quantitative estimate of drug-likeness (QED) is 0.184. The Bertz CT molecular complexity index is 1940. The maximum absolute atomic E-state index is 15.3.